The summed E-state index contributed by atoms with van der Waals surface area (Å²) in [6, 6.07) is 13.8. The predicted molar refractivity (Wildman–Crippen MR) is 64.3 cm³/mol. The van der Waals surface area contributed by atoms with Gasteiger partial charge in [0.15, 0.2) is 0 Å². The van der Waals surface area contributed by atoms with E-state index in [1.165, 1.54) is 6.07 Å². The van der Waals surface area contributed by atoms with Crippen LogP contribution in [0.1, 0.15) is 5.56 Å². The van der Waals surface area contributed by atoms with Crippen LogP contribution in [0.5, 0.6) is 0 Å². The Hall–Kier alpha value is -1.66. The van der Waals surface area contributed by atoms with Gasteiger partial charge in [-0.15, -0.1) is 0 Å². The van der Waals surface area contributed by atoms with E-state index in [1.807, 2.05) is 30.3 Å². The molecule has 0 aromatic heterocycles. The minimum atomic E-state index is -0.374. The van der Waals surface area contributed by atoms with Crippen molar-refractivity contribution in [3.05, 3.63) is 58.3 Å². The van der Waals surface area contributed by atoms with Gasteiger partial charge in [-0.2, -0.15) is 5.26 Å². The SMILES string of the molecule is N#Cc1ccc(-c2ccc(Br)cc2)c(F)c1. The van der Waals surface area contributed by atoms with E-state index in [9.17, 15) is 4.39 Å². The van der Waals surface area contributed by atoms with Gasteiger partial charge in [0.25, 0.3) is 0 Å². The molecule has 0 fully saturated rings. The molecule has 0 aliphatic heterocycles. The fourth-order valence-electron chi connectivity index (χ4n) is 1.45. The second-order valence-corrected chi connectivity index (χ2v) is 4.23. The van der Waals surface area contributed by atoms with Crippen LogP contribution in [0.3, 0.4) is 0 Å². The Morgan fingerprint density at radius 2 is 1.75 bits per heavy atom. The van der Waals surface area contributed by atoms with Crippen LogP contribution in [0.2, 0.25) is 0 Å². The number of halogens is 2. The summed E-state index contributed by atoms with van der Waals surface area (Å²) in [5.41, 5.74) is 1.63. The largest absolute Gasteiger partial charge is 0.206 e. The molecule has 0 amide bonds. The molecule has 0 saturated heterocycles. The Bertz CT molecular complexity index is 555. The summed E-state index contributed by atoms with van der Waals surface area (Å²) in [5, 5.41) is 8.64. The summed E-state index contributed by atoms with van der Waals surface area (Å²) >= 11 is 3.32. The molecular weight excluding hydrogens is 269 g/mol. The molecule has 0 spiro atoms. The lowest BCUT2D eigenvalue weighted by Crippen LogP contribution is -1.85. The van der Waals surface area contributed by atoms with Gasteiger partial charge in [0.05, 0.1) is 11.6 Å². The molecule has 78 valence electrons. The number of hydrogen-bond acceptors (Lipinski definition) is 1. The first-order valence-electron chi connectivity index (χ1n) is 4.66. The lowest BCUT2D eigenvalue weighted by atomic mass is 10.0. The summed E-state index contributed by atoms with van der Waals surface area (Å²) in [4.78, 5) is 0. The Morgan fingerprint density at radius 3 is 2.31 bits per heavy atom. The highest BCUT2D eigenvalue weighted by Gasteiger charge is 2.05. The van der Waals surface area contributed by atoms with Gasteiger partial charge in [-0.05, 0) is 29.8 Å². The third-order valence-electron chi connectivity index (χ3n) is 2.25. The van der Waals surface area contributed by atoms with E-state index in [0.29, 0.717) is 11.1 Å². The molecule has 0 N–H and O–H groups in total. The van der Waals surface area contributed by atoms with Crippen LogP contribution in [0.15, 0.2) is 46.9 Å². The minimum Gasteiger partial charge on any atom is -0.206 e. The van der Waals surface area contributed by atoms with E-state index in [2.05, 4.69) is 15.9 Å². The van der Waals surface area contributed by atoms with E-state index in [4.69, 9.17) is 5.26 Å². The Balaban J connectivity index is 2.49. The molecule has 0 saturated carbocycles. The number of nitrogens with zero attached hydrogens (tertiary/aromatic N) is 1. The van der Waals surface area contributed by atoms with Gasteiger partial charge in [-0.1, -0.05) is 34.1 Å². The maximum Gasteiger partial charge on any atom is 0.132 e. The van der Waals surface area contributed by atoms with Gasteiger partial charge in [0.1, 0.15) is 5.82 Å². The van der Waals surface area contributed by atoms with Crippen LogP contribution < -0.4 is 0 Å². The molecule has 16 heavy (non-hydrogen) atoms. The average Bonchev–Trinajstić information content (AvgIpc) is 2.30. The summed E-state index contributed by atoms with van der Waals surface area (Å²) in [6.45, 7) is 0. The second-order valence-electron chi connectivity index (χ2n) is 3.31. The number of hydrogen-bond donors (Lipinski definition) is 0. The van der Waals surface area contributed by atoms with Crippen molar-refractivity contribution in [3.63, 3.8) is 0 Å². The molecule has 2 rings (SSSR count). The highest BCUT2D eigenvalue weighted by Crippen LogP contribution is 2.24. The first-order chi connectivity index (χ1) is 7.70. The van der Waals surface area contributed by atoms with E-state index in [-0.39, 0.29) is 5.82 Å². The first kappa shape index (κ1) is 10.8. The molecular formula is C13H7BrFN. The fourth-order valence-corrected chi connectivity index (χ4v) is 1.71. The summed E-state index contributed by atoms with van der Waals surface area (Å²) < 4.78 is 14.6. The number of rotatable bonds is 1. The maximum absolute atomic E-state index is 13.7. The lowest BCUT2D eigenvalue weighted by molar-refractivity contribution is 0.631. The molecule has 3 heteroatoms. The third kappa shape index (κ3) is 2.12. The van der Waals surface area contributed by atoms with E-state index < -0.39 is 0 Å². The van der Waals surface area contributed by atoms with Crippen molar-refractivity contribution >= 4 is 15.9 Å². The molecule has 0 radical (unpaired) electrons. The Kier molecular flexibility index (Phi) is 3.02. The molecule has 0 atom stereocenters. The van der Waals surface area contributed by atoms with Crippen molar-refractivity contribution < 1.29 is 4.39 Å². The first-order valence-corrected chi connectivity index (χ1v) is 5.45. The molecule has 0 bridgehead atoms. The average molecular weight is 276 g/mol. The molecule has 0 unspecified atom stereocenters. The minimum absolute atomic E-state index is 0.332. The van der Waals surface area contributed by atoms with Crippen molar-refractivity contribution in [2.24, 2.45) is 0 Å². The zero-order valence-electron chi connectivity index (χ0n) is 8.24. The molecule has 0 aliphatic rings. The van der Waals surface area contributed by atoms with E-state index in [1.54, 1.807) is 12.1 Å². The van der Waals surface area contributed by atoms with Crippen molar-refractivity contribution in [2.75, 3.05) is 0 Å². The molecule has 0 aliphatic carbocycles. The van der Waals surface area contributed by atoms with Crippen molar-refractivity contribution in [3.8, 4) is 17.2 Å². The van der Waals surface area contributed by atoms with Crippen molar-refractivity contribution in [1.29, 1.82) is 5.26 Å². The molecule has 0 heterocycles. The highest BCUT2D eigenvalue weighted by molar-refractivity contribution is 9.10. The normalized spacial score (nSPS) is 9.81. The fraction of sp³-hybridized carbons (Fsp3) is 0. The molecule has 2 aromatic rings. The zero-order chi connectivity index (χ0) is 11.5. The van der Waals surface area contributed by atoms with Gasteiger partial charge in [-0.25, -0.2) is 4.39 Å². The van der Waals surface area contributed by atoms with Crippen LogP contribution in [-0.2, 0) is 0 Å². The van der Waals surface area contributed by atoms with Crippen LogP contribution in [-0.4, -0.2) is 0 Å². The van der Waals surface area contributed by atoms with E-state index in [0.717, 1.165) is 10.0 Å². The Labute approximate surface area is 101 Å². The number of benzene rings is 2. The van der Waals surface area contributed by atoms with Gasteiger partial charge in [0, 0.05) is 10.0 Å². The van der Waals surface area contributed by atoms with Crippen LogP contribution in [0.25, 0.3) is 11.1 Å². The summed E-state index contributed by atoms with van der Waals surface area (Å²) in [5.74, 6) is -0.374. The van der Waals surface area contributed by atoms with Gasteiger partial charge in [-0.3, -0.25) is 0 Å². The van der Waals surface area contributed by atoms with Crippen molar-refractivity contribution in [1.82, 2.24) is 0 Å². The topological polar surface area (TPSA) is 23.8 Å². The monoisotopic (exact) mass is 275 g/mol. The summed E-state index contributed by atoms with van der Waals surface area (Å²) in [6.07, 6.45) is 0. The van der Waals surface area contributed by atoms with Crippen molar-refractivity contribution in [2.45, 2.75) is 0 Å². The van der Waals surface area contributed by atoms with Gasteiger partial charge < -0.3 is 0 Å². The van der Waals surface area contributed by atoms with Crippen LogP contribution in [0, 0.1) is 17.1 Å². The quantitative estimate of drug-likeness (QED) is 0.768. The highest BCUT2D eigenvalue weighted by atomic mass is 79.9. The van der Waals surface area contributed by atoms with Crippen LogP contribution in [0.4, 0.5) is 4.39 Å². The smallest absolute Gasteiger partial charge is 0.132 e. The standard InChI is InChI=1S/C13H7BrFN/c14-11-4-2-10(3-5-11)12-6-1-9(8-16)7-13(12)15/h1-7H. The molecule has 2 aromatic carbocycles. The predicted octanol–water partition coefficient (Wildman–Crippen LogP) is 4.13. The summed E-state index contributed by atoms with van der Waals surface area (Å²) in [7, 11) is 0. The maximum atomic E-state index is 13.7. The number of nitriles is 1. The van der Waals surface area contributed by atoms with Crippen LogP contribution >= 0.6 is 15.9 Å². The van der Waals surface area contributed by atoms with E-state index >= 15 is 0 Å². The molecule has 1 nitrogen and oxygen atoms in total. The second kappa shape index (κ2) is 4.46. The van der Waals surface area contributed by atoms with Gasteiger partial charge in [0.2, 0.25) is 0 Å². The Morgan fingerprint density at radius 1 is 1.06 bits per heavy atom. The zero-order valence-corrected chi connectivity index (χ0v) is 9.83. The third-order valence-corrected chi connectivity index (χ3v) is 2.78. The van der Waals surface area contributed by atoms with Gasteiger partial charge >= 0.3 is 0 Å². The lowest BCUT2D eigenvalue weighted by Gasteiger charge is -2.03.